The average molecular weight is 257 g/mol. The van der Waals surface area contributed by atoms with Crippen molar-refractivity contribution < 1.29 is 24.2 Å². The largest absolute Gasteiger partial charge is 0.475 e. The number of carbonyl (C=O) groups is 1. The van der Waals surface area contributed by atoms with Crippen molar-refractivity contribution in [1.29, 1.82) is 0 Å². The van der Waals surface area contributed by atoms with E-state index in [1.165, 1.54) is 6.07 Å². The van der Waals surface area contributed by atoms with Gasteiger partial charge in [0.1, 0.15) is 5.76 Å². The number of carboxylic acid groups (broad SMARTS) is 1. The minimum Gasteiger partial charge on any atom is -0.475 e. The summed E-state index contributed by atoms with van der Waals surface area (Å²) in [5.74, 6) is -0.527. The molecule has 0 aliphatic carbocycles. The summed E-state index contributed by atoms with van der Waals surface area (Å²) in [5, 5.41) is 21.3. The number of hydrogen-bond acceptors (Lipinski definition) is 5. The molecular formula is C12H19NO5. The molecule has 0 radical (unpaired) electrons. The Morgan fingerprint density at radius 1 is 1.61 bits per heavy atom. The van der Waals surface area contributed by atoms with Crippen LogP contribution in [0.4, 0.5) is 0 Å². The van der Waals surface area contributed by atoms with Gasteiger partial charge < -0.3 is 24.7 Å². The van der Waals surface area contributed by atoms with Gasteiger partial charge in [-0.3, -0.25) is 0 Å². The smallest absolute Gasteiger partial charge is 0.371 e. The summed E-state index contributed by atoms with van der Waals surface area (Å²) in [4.78, 5) is 10.7. The average Bonchev–Trinajstić information content (AvgIpc) is 2.67. The quantitative estimate of drug-likeness (QED) is 0.596. The Hall–Kier alpha value is -1.37. The molecule has 0 spiro atoms. The maximum absolute atomic E-state index is 10.7. The van der Waals surface area contributed by atoms with Gasteiger partial charge in [0.2, 0.25) is 5.76 Å². The Balaban J connectivity index is 2.33. The van der Waals surface area contributed by atoms with Crippen LogP contribution in [0.1, 0.15) is 28.3 Å². The zero-order chi connectivity index (χ0) is 13.5. The Bertz CT molecular complexity index is 388. The number of aliphatic hydroxyl groups is 1. The Kier molecular flexibility index (Phi) is 5.84. The van der Waals surface area contributed by atoms with E-state index in [1.807, 2.05) is 0 Å². The molecule has 1 rings (SSSR count). The van der Waals surface area contributed by atoms with Crippen LogP contribution in [0.3, 0.4) is 0 Å². The van der Waals surface area contributed by atoms with E-state index in [-0.39, 0.29) is 5.76 Å². The van der Waals surface area contributed by atoms with Crippen molar-refractivity contribution in [3.05, 3.63) is 23.2 Å². The summed E-state index contributed by atoms with van der Waals surface area (Å²) in [6.07, 6.45) is 0.0961. The van der Waals surface area contributed by atoms with Gasteiger partial charge in [-0.1, -0.05) is 0 Å². The number of aryl methyl sites for hydroxylation is 1. The van der Waals surface area contributed by atoms with Crippen molar-refractivity contribution >= 4 is 5.97 Å². The molecule has 0 amide bonds. The molecule has 3 N–H and O–H groups in total. The van der Waals surface area contributed by atoms with Crippen LogP contribution in [0, 0.1) is 6.92 Å². The second kappa shape index (κ2) is 7.15. The van der Waals surface area contributed by atoms with E-state index in [4.69, 9.17) is 14.3 Å². The molecule has 1 heterocycles. The van der Waals surface area contributed by atoms with Gasteiger partial charge >= 0.3 is 5.97 Å². The van der Waals surface area contributed by atoms with Crippen LogP contribution >= 0.6 is 0 Å². The summed E-state index contributed by atoms with van der Waals surface area (Å²) < 4.78 is 9.89. The zero-order valence-electron chi connectivity index (χ0n) is 10.6. The fourth-order valence-electron chi connectivity index (χ4n) is 1.57. The van der Waals surface area contributed by atoms with Gasteiger partial charge in [0, 0.05) is 19.2 Å². The third-order valence-corrected chi connectivity index (χ3v) is 2.56. The molecule has 0 saturated heterocycles. The number of carboxylic acids is 1. The summed E-state index contributed by atoms with van der Waals surface area (Å²) in [6.45, 7) is 3.18. The molecule has 0 aliphatic rings. The Morgan fingerprint density at radius 2 is 2.33 bits per heavy atom. The summed E-state index contributed by atoms with van der Waals surface area (Å²) in [6, 6.07) is 1.51. The first kappa shape index (κ1) is 14.7. The van der Waals surface area contributed by atoms with E-state index >= 15 is 0 Å². The van der Waals surface area contributed by atoms with Crippen LogP contribution in [-0.4, -0.2) is 42.5 Å². The number of ether oxygens (including phenoxy) is 1. The highest BCUT2D eigenvalue weighted by Gasteiger charge is 2.12. The van der Waals surface area contributed by atoms with Crippen LogP contribution < -0.4 is 5.32 Å². The van der Waals surface area contributed by atoms with Crippen LogP contribution in [0.15, 0.2) is 10.5 Å². The predicted molar refractivity (Wildman–Crippen MR) is 64.6 cm³/mol. The van der Waals surface area contributed by atoms with Crippen LogP contribution in [0.5, 0.6) is 0 Å². The molecular weight excluding hydrogens is 238 g/mol. The molecule has 0 bridgehead atoms. The minimum atomic E-state index is -1.07. The maximum atomic E-state index is 10.7. The van der Waals surface area contributed by atoms with E-state index < -0.39 is 12.1 Å². The first-order valence-electron chi connectivity index (χ1n) is 5.75. The molecule has 0 aromatic carbocycles. The Morgan fingerprint density at radius 3 is 2.89 bits per heavy atom. The molecule has 18 heavy (non-hydrogen) atoms. The van der Waals surface area contributed by atoms with Gasteiger partial charge in [0.25, 0.3) is 0 Å². The van der Waals surface area contributed by atoms with Gasteiger partial charge in [-0.05, 0) is 26.0 Å². The SMILES string of the molecule is COCC(O)CCNCc1cc(C(=O)O)oc1C. The molecule has 1 aromatic heterocycles. The van der Waals surface area contributed by atoms with Crippen LogP contribution in [-0.2, 0) is 11.3 Å². The summed E-state index contributed by atoms with van der Waals surface area (Å²) in [7, 11) is 1.54. The molecule has 1 unspecified atom stereocenters. The molecule has 6 nitrogen and oxygen atoms in total. The standard InChI is InChI=1S/C12H19NO5/c1-8-9(5-11(18-8)12(15)16)6-13-4-3-10(14)7-17-2/h5,10,13-14H,3-4,6-7H2,1-2H3,(H,15,16). The lowest BCUT2D eigenvalue weighted by atomic mass is 10.2. The lowest BCUT2D eigenvalue weighted by molar-refractivity contribution is 0.0594. The van der Waals surface area contributed by atoms with E-state index in [2.05, 4.69) is 5.32 Å². The van der Waals surface area contributed by atoms with Crippen LogP contribution in [0.2, 0.25) is 0 Å². The Labute approximate surface area is 106 Å². The fraction of sp³-hybridized carbons (Fsp3) is 0.583. The minimum absolute atomic E-state index is 0.0521. The predicted octanol–water partition coefficient (Wildman–Crippen LogP) is 0.773. The lowest BCUT2D eigenvalue weighted by Crippen LogP contribution is -2.23. The second-order valence-electron chi connectivity index (χ2n) is 4.07. The number of methoxy groups -OCH3 is 1. The number of hydrogen-bond donors (Lipinski definition) is 3. The molecule has 0 saturated carbocycles. The van der Waals surface area contributed by atoms with Gasteiger partial charge in [0.15, 0.2) is 0 Å². The number of aliphatic hydroxyl groups excluding tert-OH is 1. The van der Waals surface area contributed by atoms with Gasteiger partial charge in [-0.2, -0.15) is 0 Å². The number of rotatable bonds is 8. The fourth-order valence-corrected chi connectivity index (χ4v) is 1.57. The first-order valence-corrected chi connectivity index (χ1v) is 5.75. The molecule has 0 aliphatic heterocycles. The number of furan rings is 1. The first-order chi connectivity index (χ1) is 8.54. The maximum Gasteiger partial charge on any atom is 0.371 e. The number of nitrogens with one attached hydrogen (secondary N) is 1. The summed E-state index contributed by atoms with van der Waals surface area (Å²) in [5.41, 5.74) is 0.814. The highest BCUT2D eigenvalue weighted by Crippen LogP contribution is 2.14. The highest BCUT2D eigenvalue weighted by atomic mass is 16.5. The van der Waals surface area contributed by atoms with Gasteiger partial charge in [-0.15, -0.1) is 0 Å². The van der Waals surface area contributed by atoms with Crippen molar-refractivity contribution in [2.75, 3.05) is 20.3 Å². The third kappa shape index (κ3) is 4.48. The molecule has 1 aromatic rings. The summed E-state index contributed by atoms with van der Waals surface area (Å²) >= 11 is 0. The van der Waals surface area contributed by atoms with Crippen molar-refractivity contribution in [1.82, 2.24) is 5.32 Å². The van der Waals surface area contributed by atoms with Crippen molar-refractivity contribution in [2.24, 2.45) is 0 Å². The molecule has 0 fully saturated rings. The van der Waals surface area contributed by atoms with Crippen molar-refractivity contribution in [3.8, 4) is 0 Å². The van der Waals surface area contributed by atoms with E-state index in [0.29, 0.717) is 31.9 Å². The zero-order valence-corrected chi connectivity index (χ0v) is 10.6. The monoisotopic (exact) mass is 257 g/mol. The lowest BCUT2D eigenvalue weighted by Gasteiger charge is -2.09. The van der Waals surface area contributed by atoms with E-state index in [0.717, 1.165) is 5.56 Å². The molecule has 6 heteroatoms. The molecule has 102 valence electrons. The topological polar surface area (TPSA) is 91.9 Å². The third-order valence-electron chi connectivity index (χ3n) is 2.56. The number of aromatic carboxylic acids is 1. The molecule has 1 atom stereocenters. The van der Waals surface area contributed by atoms with E-state index in [1.54, 1.807) is 14.0 Å². The van der Waals surface area contributed by atoms with Gasteiger partial charge in [-0.25, -0.2) is 4.79 Å². The van der Waals surface area contributed by atoms with Crippen molar-refractivity contribution in [3.63, 3.8) is 0 Å². The van der Waals surface area contributed by atoms with E-state index in [9.17, 15) is 9.90 Å². The highest BCUT2D eigenvalue weighted by molar-refractivity contribution is 5.84. The van der Waals surface area contributed by atoms with Crippen LogP contribution in [0.25, 0.3) is 0 Å². The second-order valence-corrected chi connectivity index (χ2v) is 4.07. The van der Waals surface area contributed by atoms with Gasteiger partial charge in [0.05, 0.1) is 12.7 Å². The van der Waals surface area contributed by atoms with Crippen molar-refractivity contribution in [2.45, 2.75) is 26.0 Å². The normalized spacial score (nSPS) is 12.6.